The van der Waals surface area contributed by atoms with E-state index in [0.29, 0.717) is 6.04 Å². The summed E-state index contributed by atoms with van der Waals surface area (Å²) in [5.41, 5.74) is 1.16. The third-order valence-corrected chi connectivity index (χ3v) is 4.25. The molecule has 1 aromatic rings. The quantitative estimate of drug-likeness (QED) is 0.719. The minimum Gasteiger partial charge on any atom is -0.264 e. The van der Waals surface area contributed by atoms with Crippen LogP contribution in [-0.4, -0.2) is 24.8 Å². The molecule has 4 heteroatoms. The lowest BCUT2D eigenvalue weighted by Crippen LogP contribution is -2.27. The predicted molar refractivity (Wildman–Crippen MR) is 61.6 cm³/mol. The monoisotopic (exact) mass is 224 g/mol. The van der Waals surface area contributed by atoms with Gasteiger partial charge in [0.25, 0.3) is 0 Å². The van der Waals surface area contributed by atoms with E-state index in [1.54, 1.807) is 6.20 Å². The predicted octanol–water partition coefficient (Wildman–Crippen LogP) is 1.90. The molecule has 3 nitrogen and oxygen atoms in total. The topological polar surface area (TPSA) is 33.0 Å². The van der Waals surface area contributed by atoms with E-state index in [2.05, 4.69) is 4.98 Å². The van der Waals surface area contributed by atoms with Gasteiger partial charge in [-0.25, -0.2) is 8.51 Å². The van der Waals surface area contributed by atoms with Crippen LogP contribution in [-0.2, 0) is 11.0 Å². The summed E-state index contributed by atoms with van der Waals surface area (Å²) in [7, 11) is -0.903. The van der Waals surface area contributed by atoms with E-state index in [-0.39, 0.29) is 4.75 Å². The van der Waals surface area contributed by atoms with Crippen LogP contribution in [0.15, 0.2) is 24.5 Å². The van der Waals surface area contributed by atoms with E-state index < -0.39 is 11.0 Å². The highest BCUT2D eigenvalue weighted by molar-refractivity contribution is 7.84. The number of rotatable bonds is 2. The lowest BCUT2D eigenvalue weighted by molar-refractivity contribution is 0.607. The second-order valence-corrected chi connectivity index (χ2v) is 6.96. The molecule has 2 rings (SSSR count). The summed E-state index contributed by atoms with van der Waals surface area (Å²) < 4.78 is 13.9. The maximum atomic E-state index is 12.0. The van der Waals surface area contributed by atoms with Crippen LogP contribution in [0, 0.1) is 0 Å². The van der Waals surface area contributed by atoms with Crippen molar-refractivity contribution in [3.05, 3.63) is 30.1 Å². The molecule has 2 heterocycles. The average Bonchev–Trinajstić information content (AvgIpc) is 2.96. The molecule has 1 fully saturated rings. The van der Waals surface area contributed by atoms with Crippen molar-refractivity contribution in [1.82, 2.24) is 9.29 Å². The fraction of sp³-hybridized carbons (Fsp3) is 0.545. The summed E-state index contributed by atoms with van der Waals surface area (Å²) in [5, 5.41) is 0. The largest absolute Gasteiger partial charge is 0.264 e. The Morgan fingerprint density at radius 1 is 1.53 bits per heavy atom. The summed E-state index contributed by atoms with van der Waals surface area (Å²) in [5.74, 6) is 0. The minimum absolute atomic E-state index is 0.170. The molecule has 0 radical (unpaired) electrons. The van der Waals surface area contributed by atoms with Gasteiger partial charge in [-0.2, -0.15) is 0 Å². The first-order valence-corrected chi connectivity index (χ1v) is 6.19. The molecule has 1 aromatic heterocycles. The highest BCUT2D eigenvalue weighted by Crippen LogP contribution is 2.38. The van der Waals surface area contributed by atoms with Crippen molar-refractivity contribution in [2.75, 3.05) is 6.54 Å². The van der Waals surface area contributed by atoms with Crippen LogP contribution in [0.25, 0.3) is 0 Å². The van der Waals surface area contributed by atoms with Crippen molar-refractivity contribution < 1.29 is 4.21 Å². The molecule has 82 valence electrons. The molecule has 0 saturated carbocycles. The number of aromatic nitrogens is 1. The van der Waals surface area contributed by atoms with Crippen molar-refractivity contribution in [3.63, 3.8) is 0 Å². The Morgan fingerprint density at radius 3 is 2.80 bits per heavy atom. The fourth-order valence-electron chi connectivity index (χ4n) is 1.50. The van der Waals surface area contributed by atoms with E-state index in [1.165, 1.54) is 0 Å². The zero-order valence-electron chi connectivity index (χ0n) is 9.30. The van der Waals surface area contributed by atoms with E-state index in [9.17, 15) is 4.21 Å². The first kappa shape index (κ1) is 10.8. The Labute approximate surface area is 93.1 Å². The zero-order valence-corrected chi connectivity index (χ0v) is 10.1. The molecule has 1 aliphatic rings. The first-order valence-electron chi connectivity index (χ1n) is 5.09. The van der Waals surface area contributed by atoms with E-state index in [1.807, 2.05) is 43.4 Å². The first-order chi connectivity index (χ1) is 7.00. The molecule has 0 spiro atoms. The Bertz CT molecular complexity index is 372. The van der Waals surface area contributed by atoms with E-state index in [0.717, 1.165) is 12.1 Å². The molecule has 3 atom stereocenters. The van der Waals surface area contributed by atoms with Crippen LogP contribution in [0.5, 0.6) is 0 Å². The van der Waals surface area contributed by atoms with Gasteiger partial charge in [-0.3, -0.25) is 4.98 Å². The number of hydrogen-bond donors (Lipinski definition) is 0. The second kappa shape index (κ2) is 3.68. The molecule has 0 aliphatic carbocycles. The lowest BCUT2D eigenvalue weighted by atomic mass is 10.2. The standard InChI is InChI=1S/C11H16N2OS/c1-11(2,3)15(14)13-8-10(13)9-5-4-6-12-7-9/h4-7,10H,8H2,1-3H3/t10-,13?,15+/m0/s1. The van der Waals surface area contributed by atoms with Gasteiger partial charge in [0, 0.05) is 18.9 Å². The van der Waals surface area contributed by atoms with Crippen LogP contribution in [0.1, 0.15) is 32.4 Å². The van der Waals surface area contributed by atoms with Crippen molar-refractivity contribution in [2.45, 2.75) is 31.6 Å². The average molecular weight is 224 g/mol. The van der Waals surface area contributed by atoms with Gasteiger partial charge in [0.2, 0.25) is 0 Å². The summed E-state index contributed by atoms with van der Waals surface area (Å²) in [6.07, 6.45) is 3.61. The van der Waals surface area contributed by atoms with Crippen LogP contribution >= 0.6 is 0 Å². The highest BCUT2D eigenvalue weighted by atomic mass is 32.2. The highest BCUT2D eigenvalue weighted by Gasteiger charge is 2.43. The van der Waals surface area contributed by atoms with Crippen molar-refractivity contribution in [2.24, 2.45) is 0 Å². The van der Waals surface area contributed by atoms with Gasteiger partial charge in [-0.15, -0.1) is 0 Å². The van der Waals surface area contributed by atoms with Gasteiger partial charge in [0.15, 0.2) is 0 Å². The molecule has 0 amide bonds. The van der Waals surface area contributed by atoms with Crippen LogP contribution in [0.4, 0.5) is 0 Å². The van der Waals surface area contributed by atoms with Crippen LogP contribution < -0.4 is 0 Å². The number of pyridine rings is 1. The molecular weight excluding hydrogens is 208 g/mol. The molecular formula is C11H16N2OS. The van der Waals surface area contributed by atoms with Crippen molar-refractivity contribution >= 4 is 11.0 Å². The zero-order chi connectivity index (χ0) is 11.1. The summed E-state index contributed by atoms with van der Waals surface area (Å²) in [6.45, 7) is 6.89. The minimum atomic E-state index is -0.903. The normalized spacial score (nSPS) is 27.4. The molecule has 0 N–H and O–H groups in total. The Balaban J connectivity index is 2.06. The van der Waals surface area contributed by atoms with Gasteiger partial charge in [0.1, 0.15) is 11.0 Å². The summed E-state index contributed by atoms with van der Waals surface area (Å²) in [6, 6.07) is 4.27. The molecule has 0 bridgehead atoms. The van der Waals surface area contributed by atoms with Gasteiger partial charge >= 0.3 is 0 Å². The summed E-state index contributed by atoms with van der Waals surface area (Å²) in [4.78, 5) is 4.08. The number of nitrogens with zero attached hydrogens (tertiary/aromatic N) is 2. The third kappa shape index (κ3) is 2.26. The van der Waals surface area contributed by atoms with Crippen molar-refractivity contribution in [3.8, 4) is 0 Å². The van der Waals surface area contributed by atoms with E-state index >= 15 is 0 Å². The smallest absolute Gasteiger partial charge is 0.100 e. The molecule has 1 unspecified atom stereocenters. The number of hydrogen-bond acceptors (Lipinski definition) is 2. The molecule has 1 aliphatic heterocycles. The van der Waals surface area contributed by atoms with E-state index in [4.69, 9.17) is 0 Å². The van der Waals surface area contributed by atoms with Crippen molar-refractivity contribution in [1.29, 1.82) is 0 Å². The fourth-order valence-corrected chi connectivity index (χ4v) is 2.84. The maximum Gasteiger partial charge on any atom is 0.100 e. The third-order valence-electron chi connectivity index (χ3n) is 2.37. The Kier molecular flexibility index (Phi) is 2.64. The lowest BCUT2D eigenvalue weighted by Gasteiger charge is -2.18. The Morgan fingerprint density at radius 2 is 2.27 bits per heavy atom. The van der Waals surface area contributed by atoms with Crippen LogP contribution in [0.3, 0.4) is 0 Å². The molecule has 0 aromatic carbocycles. The Hall–Kier alpha value is -0.740. The molecule has 15 heavy (non-hydrogen) atoms. The van der Waals surface area contributed by atoms with Gasteiger partial charge in [-0.1, -0.05) is 6.07 Å². The molecule has 1 saturated heterocycles. The van der Waals surface area contributed by atoms with Gasteiger partial charge < -0.3 is 0 Å². The van der Waals surface area contributed by atoms with Gasteiger partial charge in [-0.05, 0) is 32.4 Å². The maximum absolute atomic E-state index is 12.0. The SMILES string of the molecule is CC(C)(C)[S@@](=O)N1C[C@H]1c1cccnc1. The van der Waals surface area contributed by atoms with Crippen LogP contribution in [0.2, 0.25) is 0 Å². The van der Waals surface area contributed by atoms with Gasteiger partial charge in [0.05, 0.1) is 10.8 Å². The summed E-state index contributed by atoms with van der Waals surface area (Å²) >= 11 is 0. The second-order valence-electron chi connectivity index (χ2n) is 4.76.